The molecule has 2 atom stereocenters. The highest BCUT2D eigenvalue weighted by atomic mass is 16.7. The fraction of sp³-hybridized carbons (Fsp3) is 0.300. The molecule has 0 aromatic heterocycles. The summed E-state index contributed by atoms with van der Waals surface area (Å²) >= 11 is 0. The van der Waals surface area contributed by atoms with Crippen LogP contribution in [0, 0.1) is 5.92 Å². The van der Waals surface area contributed by atoms with Crippen LogP contribution in [0.25, 0.3) is 0 Å². The molecular formula is C20H18O9. The van der Waals surface area contributed by atoms with Crippen molar-refractivity contribution in [1.29, 1.82) is 0 Å². The molecule has 2 heterocycles. The van der Waals surface area contributed by atoms with E-state index in [0.29, 0.717) is 17.1 Å². The molecule has 2 N–H and O–H groups in total. The predicted octanol–water partition coefficient (Wildman–Crippen LogP) is 1.72. The molecule has 0 amide bonds. The number of ketones is 1. The summed E-state index contributed by atoms with van der Waals surface area (Å²) in [5.41, 5.74) is 0.670. The molecule has 1 saturated heterocycles. The maximum atomic E-state index is 12.5. The van der Waals surface area contributed by atoms with Gasteiger partial charge in [0.1, 0.15) is 11.7 Å². The molecule has 9 nitrogen and oxygen atoms in total. The van der Waals surface area contributed by atoms with Crippen molar-refractivity contribution >= 4 is 11.8 Å². The first kappa shape index (κ1) is 18.7. The van der Waals surface area contributed by atoms with Gasteiger partial charge in [0, 0.05) is 17.5 Å². The SMILES string of the molecule is COc1cc([C@@H](c2cc3c(cc2O)OCO3)[C@@H]2C(=O)COC2=O)cc(OC)c1O. The van der Waals surface area contributed by atoms with Gasteiger partial charge in [0.05, 0.1) is 14.2 Å². The van der Waals surface area contributed by atoms with Gasteiger partial charge in [0.15, 0.2) is 35.4 Å². The fourth-order valence-electron chi connectivity index (χ4n) is 3.62. The van der Waals surface area contributed by atoms with Gasteiger partial charge in [-0.1, -0.05) is 0 Å². The Bertz CT molecular complexity index is 957. The van der Waals surface area contributed by atoms with Crippen LogP contribution in [0.5, 0.6) is 34.5 Å². The zero-order valence-corrected chi connectivity index (χ0v) is 15.6. The number of phenolic OH excluding ortho intramolecular Hbond substituents is 2. The summed E-state index contributed by atoms with van der Waals surface area (Å²) in [6, 6.07) is 5.84. The predicted molar refractivity (Wildman–Crippen MR) is 96.7 cm³/mol. The third kappa shape index (κ3) is 3.04. The Kier molecular flexibility index (Phi) is 4.57. The van der Waals surface area contributed by atoms with Gasteiger partial charge < -0.3 is 33.9 Å². The van der Waals surface area contributed by atoms with E-state index in [0.717, 1.165) is 0 Å². The third-order valence-electron chi connectivity index (χ3n) is 5.01. The Morgan fingerprint density at radius 1 is 0.966 bits per heavy atom. The summed E-state index contributed by atoms with van der Waals surface area (Å²) in [5, 5.41) is 20.9. The number of methoxy groups -OCH3 is 2. The molecule has 0 spiro atoms. The van der Waals surface area contributed by atoms with E-state index in [1.54, 1.807) is 0 Å². The Morgan fingerprint density at radius 2 is 1.59 bits per heavy atom. The van der Waals surface area contributed by atoms with Gasteiger partial charge in [-0.25, -0.2) is 0 Å². The molecule has 2 aromatic carbocycles. The number of rotatable bonds is 5. The fourth-order valence-corrected chi connectivity index (χ4v) is 3.62. The maximum Gasteiger partial charge on any atom is 0.318 e. The van der Waals surface area contributed by atoms with Crippen LogP contribution in [0.1, 0.15) is 17.0 Å². The van der Waals surface area contributed by atoms with Crippen molar-refractivity contribution in [3.63, 3.8) is 0 Å². The van der Waals surface area contributed by atoms with Crippen molar-refractivity contribution < 1.29 is 43.5 Å². The van der Waals surface area contributed by atoms with E-state index in [1.807, 2.05) is 0 Å². The monoisotopic (exact) mass is 402 g/mol. The van der Waals surface area contributed by atoms with Crippen molar-refractivity contribution in [3.05, 3.63) is 35.4 Å². The van der Waals surface area contributed by atoms with Crippen LogP contribution in [0.15, 0.2) is 24.3 Å². The van der Waals surface area contributed by atoms with Gasteiger partial charge >= 0.3 is 5.97 Å². The average Bonchev–Trinajstić information content (AvgIpc) is 3.29. The van der Waals surface area contributed by atoms with Crippen LogP contribution in [-0.2, 0) is 14.3 Å². The minimum Gasteiger partial charge on any atom is -0.508 e. The number of cyclic esters (lactones) is 1. The van der Waals surface area contributed by atoms with E-state index < -0.39 is 23.6 Å². The number of phenols is 2. The van der Waals surface area contributed by atoms with Gasteiger partial charge in [-0.3, -0.25) is 9.59 Å². The maximum absolute atomic E-state index is 12.5. The second-order valence-electron chi connectivity index (χ2n) is 6.57. The molecule has 9 heteroatoms. The summed E-state index contributed by atoms with van der Waals surface area (Å²) in [7, 11) is 2.72. The normalized spacial score (nSPS) is 18.5. The molecule has 1 fully saturated rings. The van der Waals surface area contributed by atoms with Crippen LogP contribution < -0.4 is 18.9 Å². The van der Waals surface area contributed by atoms with E-state index in [9.17, 15) is 19.8 Å². The van der Waals surface area contributed by atoms with Crippen molar-refractivity contribution in [2.75, 3.05) is 27.6 Å². The zero-order chi connectivity index (χ0) is 20.7. The van der Waals surface area contributed by atoms with Crippen LogP contribution in [0.4, 0.5) is 0 Å². The lowest BCUT2D eigenvalue weighted by molar-refractivity contribution is -0.141. The molecule has 29 heavy (non-hydrogen) atoms. The second-order valence-corrected chi connectivity index (χ2v) is 6.57. The van der Waals surface area contributed by atoms with Crippen LogP contribution >= 0.6 is 0 Å². The van der Waals surface area contributed by atoms with E-state index >= 15 is 0 Å². The Hall–Kier alpha value is -3.62. The molecule has 2 aliphatic rings. The van der Waals surface area contributed by atoms with E-state index in [1.165, 1.54) is 38.5 Å². The van der Waals surface area contributed by atoms with Gasteiger partial charge in [0.2, 0.25) is 12.5 Å². The summed E-state index contributed by atoms with van der Waals surface area (Å²) in [6.45, 7) is -0.355. The Labute approximate surface area is 165 Å². The van der Waals surface area contributed by atoms with Gasteiger partial charge in [-0.05, 0) is 23.8 Å². The second kappa shape index (κ2) is 7.08. The summed E-state index contributed by atoms with van der Waals surface area (Å²) in [6.07, 6.45) is 0. The van der Waals surface area contributed by atoms with Gasteiger partial charge in [0.25, 0.3) is 0 Å². The topological polar surface area (TPSA) is 121 Å². The van der Waals surface area contributed by atoms with Gasteiger partial charge in [-0.2, -0.15) is 0 Å². The first-order valence-electron chi connectivity index (χ1n) is 8.71. The van der Waals surface area contributed by atoms with Crippen molar-refractivity contribution in [2.24, 2.45) is 5.92 Å². The lowest BCUT2D eigenvalue weighted by atomic mass is 9.78. The minimum absolute atomic E-state index is 0.00580. The largest absolute Gasteiger partial charge is 0.508 e. The summed E-state index contributed by atoms with van der Waals surface area (Å²) in [4.78, 5) is 24.9. The minimum atomic E-state index is -1.19. The van der Waals surface area contributed by atoms with Crippen molar-refractivity contribution in [1.82, 2.24) is 0 Å². The van der Waals surface area contributed by atoms with Crippen LogP contribution in [-0.4, -0.2) is 49.6 Å². The number of carbonyl (C=O) groups excluding carboxylic acids is 2. The number of aromatic hydroxyl groups is 2. The number of hydrogen-bond donors (Lipinski definition) is 2. The molecule has 0 bridgehead atoms. The zero-order valence-electron chi connectivity index (χ0n) is 15.6. The number of Topliss-reactive ketones (excluding diaryl/α,β-unsaturated/α-hetero) is 1. The standard InChI is InChI=1S/C20H18O9/c1-25-15-3-9(4-16(26-2)19(15)23)17(18-12(22)7-27-20(18)24)10-5-13-14(6-11(10)21)29-8-28-13/h3-6,17-18,21,23H,7-8H2,1-2H3/t17-,18-/m0/s1. The van der Waals surface area contributed by atoms with Gasteiger partial charge in [-0.15, -0.1) is 0 Å². The third-order valence-corrected chi connectivity index (χ3v) is 5.01. The smallest absolute Gasteiger partial charge is 0.318 e. The molecule has 0 saturated carbocycles. The molecule has 0 radical (unpaired) electrons. The summed E-state index contributed by atoms with van der Waals surface area (Å²) < 4.78 is 26.0. The Balaban J connectivity index is 1.94. The molecule has 2 aromatic rings. The number of ether oxygens (including phenoxy) is 5. The Morgan fingerprint density at radius 3 is 2.14 bits per heavy atom. The highest BCUT2D eigenvalue weighted by Gasteiger charge is 2.44. The molecule has 2 aliphatic heterocycles. The number of hydrogen-bond acceptors (Lipinski definition) is 9. The van der Waals surface area contributed by atoms with E-state index in [-0.39, 0.29) is 42.0 Å². The quantitative estimate of drug-likeness (QED) is 0.569. The number of fused-ring (bicyclic) bond motifs is 1. The lowest BCUT2D eigenvalue weighted by Gasteiger charge is -2.23. The number of carbonyl (C=O) groups is 2. The molecule has 0 aliphatic carbocycles. The van der Waals surface area contributed by atoms with E-state index in [4.69, 9.17) is 23.7 Å². The number of benzene rings is 2. The van der Waals surface area contributed by atoms with Crippen molar-refractivity contribution in [2.45, 2.75) is 5.92 Å². The van der Waals surface area contributed by atoms with E-state index in [2.05, 4.69) is 0 Å². The molecular weight excluding hydrogens is 384 g/mol. The lowest BCUT2D eigenvalue weighted by Crippen LogP contribution is -2.25. The highest BCUT2D eigenvalue weighted by molar-refractivity contribution is 6.06. The molecule has 4 rings (SSSR count). The molecule has 152 valence electrons. The van der Waals surface area contributed by atoms with Crippen molar-refractivity contribution in [3.8, 4) is 34.5 Å². The van der Waals surface area contributed by atoms with Crippen LogP contribution in [0.3, 0.4) is 0 Å². The summed E-state index contributed by atoms with van der Waals surface area (Å²) in [5.74, 6) is -2.77. The average molecular weight is 402 g/mol. The first-order valence-corrected chi connectivity index (χ1v) is 8.71. The molecule has 0 unspecified atom stereocenters. The number of esters is 1. The first-order chi connectivity index (χ1) is 13.9. The highest BCUT2D eigenvalue weighted by Crippen LogP contribution is 2.48. The van der Waals surface area contributed by atoms with Crippen LogP contribution in [0.2, 0.25) is 0 Å².